The Kier molecular flexibility index (Phi) is 8.70. The van der Waals surface area contributed by atoms with E-state index in [-0.39, 0.29) is 13.0 Å². The number of aliphatic carboxylic acids is 1. The molecule has 0 unspecified atom stereocenters. The van der Waals surface area contributed by atoms with Crippen molar-refractivity contribution in [3.63, 3.8) is 0 Å². The van der Waals surface area contributed by atoms with Gasteiger partial charge in [-0.3, -0.25) is 4.79 Å². The molecule has 0 saturated carbocycles. The van der Waals surface area contributed by atoms with Crippen LogP contribution in [0.15, 0.2) is 66.3 Å². The first-order valence-electron chi connectivity index (χ1n) is 9.25. The highest BCUT2D eigenvalue weighted by molar-refractivity contribution is 5.66. The molecule has 2 N–H and O–H groups in total. The van der Waals surface area contributed by atoms with Crippen LogP contribution < -0.4 is 4.74 Å². The molecular formula is C22H28O4. The van der Waals surface area contributed by atoms with Gasteiger partial charge in [-0.25, -0.2) is 0 Å². The SMILES string of the molecule is O=C(O)CCC/C=C\CC1=CCC[C@@H]1/C=C/[C@H](O)COc1ccccc1. The molecule has 0 bridgehead atoms. The number of aliphatic hydroxyl groups excluding tert-OH is 1. The van der Waals surface area contributed by atoms with Crippen molar-refractivity contribution >= 4 is 5.97 Å². The Morgan fingerprint density at radius 2 is 2.08 bits per heavy atom. The van der Waals surface area contributed by atoms with E-state index in [0.29, 0.717) is 12.3 Å². The van der Waals surface area contributed by atoms with Crippen LogP contribution in [0.25, 0.3) is 0 Å². The number of rotatable bonds is 11. The highest BCUT2D eigenvalue weighted by Crippen LogP contribution is 2.29. The Morgan fingerprint density at radius 3 is 2.85 bits per heavy atom. The fraction of sp³-hybridized carbons (Fsp3) is 0.409. The molecule has 140 valence electrons. The summed E-state index contributed by atoms with van der Waals surface area (Å²) in [5, 5.41) is 18.7. The van der Waals surface area contributed by atoms with Gasteiger partial charge in [0.25, 0.3) is 0 Å². The maximum absolute atomic E-state index is 10.5. The van der Waals surface area contributed by atoms with E-state index in [9.17, 15) is 9.90 Å². The van der Waals surface area contributed by atoms with E-state index in [1.807, 2.05) is 36.4 Å². The topological polar surface area (TPSA) is 66.8 Å². The van der Waals surface area contributed by atoms with Crippen molar-refractivity contribution in [2.75, 3.05) is 6.61 Å². The minimum absolute atomic E-state index is 0.224. The smallest absolute Gasteiger partial charge is 0.303 e. The van der Waals surface area contributed by atoms with Crippen LogP contribution in [0.4, 0.5) is 0 Å². The molecule has 1 aromatic carbocycles. The number of unbranched alkanes of at least 4 members (excludes halogenated alkanes) is 1. The first-order valence-corrected chi connectivity index (χ1v) is 9.25. The minimum atomic E-state index is -0.739. The molecule has 0 amide bonds. The third kappa shape index (κ3) is 7.70. The number of carbonyl (C=O) groups is 1. The van der Waals surface area contributed by atoms with Crippen molar-refractivity contribution < 1.29 is 19.7 Å². The predicted octanol–water partition coefficient (Wildman–Crippen LogP) is 4.52. The van der Waals surface area contributed by atoms with Gasteiger partial charge in [-0.1, -0.05) is 54.2 Å². The average molecular weight is 356 g/mol. The molecule has 0 aliphatic heterocycles. The van der Waals surface area contributed by atoms with Crippen LogP contribution in [0.3, 0.4) is 0 Å². The second-order valence-corrected chi connectivity index (χ2v) is 6.50. The summed E-state index contributed by atoms with van der Waals surface area (Å²) in [5.41, 5.74) is 1.37. The lowest BCUT2D eigenvalue weighted by Gasteiger charge is -2.12. The first kappa shape index (κ1) is 20.0. The summed E-state index contributed by atoms with van der Waals surface area (Å²) < 4.78 is 5.56. The molecule has 4 heteroatoms. The van der Waals surface area contributed by atoms with E-state index in [4.69, 9.17) is 9.84 Å². The maximum Gasteiger partial charge on any atom is 0.303 e. The Bertz CT molecular complexity index is 631. The fourth-order valence-corrected chi connectivity index (χ4v) is 2.96. The van der Waals surface area contributed by atoms with Gasteiger partial charge in [-0.2, -0.15) is 0 Å². The third-order valence-electron chi connectivity index (χ3n) is 4.37. The van der Waals surface area contributed by atoms with Gasteiger partial charge < -0.3 is 14.9 Å². The number of benzene rings is 1. The maximum atomic E-state index is 10.5. The largest absolute Gasteiger partial charge is 0.491 e. The van der Waals surface area contributed by atoms with Crippen LogP contribution >= 0.6 is 0 Å². The molecule has 0 heterocycles. The fourth-order valence-electron chi connectivity index (χ4n) is 2.96. The number of allylic oxidation sites excluding steroid dienone is 5. The Balaban J connectivity index is 1.70. The third-order valence-corrected chi connectivity index (χ3v) is 4.37. The second-order valence-electron chi connectivity index (χ2n) is 6.50. The molecule has 1 aliphatic carbocycles. The molecule has 0 saturated heterocycles. The zero-order valence-electron chi connectivity index (χ0n) is 15.1. The van der Waals surface area contributed by atoms with Gasteiger partial charge in [-0.15, -0.1) is 0 Å². The van der Waals surface area contributed by atoms with E-state index in [0.717, 1.165) is 31.4 Å². The van der Waals surface area contributed by atoms with Crippen LogP contribution in [0, 0.1) is 5.92 Å². The van der Waals surface area contributed by atoms with Crippen LogP contribution in [-0.2, 0) is 4.79 Å². The number of hydrogen-bond acceptors (Lipinski definition) is 3. The Labute approximate surface area is 155 Å². The van der Waals surface area contributed by atoms with Gasteiger partial charge in [0, 0.05) is 6.42 Å². The molecule has 0 aromatic heterocycles. The van der Waals surface area contributed by atoms with E-state index < -0.39 is 12.1 Å². The Hall–Kier alpha value is -2.33. The van der Waals surface area contributed by atoms with Gasteiger partial charge in [0.2, 0.25) is 0 Å². The monoisotopic (exact) mass is 356 g/mol. The quantitative estimate of drug-likeness (QED) is 0.452. The summed E-state index contributed by atoms with van der Waals surface area (Å²) in [6, 6.07) is 9.48. The molecule has 0 spiro atoms. The molecule has 2 atom stereocenters. The van der Waals surface area contributed by atoms with E-state index in [1.54, 1.807) is 0 Å². The standard InChI is InChI=1S/C22H28O4/c23-20(17-26-21-12-5-3-6-13-21)16-15-19-11-8-10-18(19)9-4-1-2-7-14-22(24)25/h1,3-6,10,12-13,15-16,19-20,23H,2,7-9,11,14,17H2,(H,24,25)/b4-1-,16-15+/t19-,20+/m1/s1. The van der Waals surface area contributed by atoms with Crippen LogP contribution in [-0.4, -0.2) is 28.9 Å². The summed E-state index contributed by atoms with van der Waals surface area (Å²) >= 11 is 0. The van der Waals surface area contributed by atoms with Crippen molar-refractivity contribution in [3.8, 4) is 5.75 Å². The number of carboxylic acids is 1. The van der Waals surface area contributed by atoms with E-state index in [2.05, 4.69) is 24.3 Å². The zero-order chi connectivity index (χ0) is 18.6. The Morgan fingerprint density at radius 1 is 1.27 bits per heavy atom. The van der Waals surface area contributed by atoms with Crippen molar-refractivity contribution in [1.29, 1.82) is 0 Å². The van der Waals surface area contributed by atoms with Gasteiger partial charge >= 0.3 is 5.97 Å². The number of carboxylic acid groups (broad SMARTS) is 1. The van der Waals surface area contributed by atoms with Crippen molar-refractivity contribution in [2.24, 2.45) is 5.92 Å². The lowest BCUT2D eigenvalue weighted by molar-refractivity contribution is -0.137. The summed E-state index contributed by atoms with van der Waals surface area (Å²) in [7, 11) is 0. The molecule has 0 fully saturated rings. The number of para-hydroxylation sites is 1. The average Bonchev–Trinajstić information content (AvgIpc) is 3.09. The predicted molar refractivity (Wildman–Crippen MR) is 103 cm³/mol. The molecule has 26 heavy (non-hydrogen) atoms. The van der Waals surface area contributed by atoms with Crippen molar-refractivity contribution in [1.82, 2.24) is 0 Å². The molecule has 1 aromatic rings. The van der Waals surface area contributed by atoms with Crippen molar-refractivity contribution in [3.05, 3.63) is 66.3 Å². The number of ether oxygens (including phenoxy) is 1. The van der Waals surface area contributed by atoms with Gasteiger partial charge in [-0.05, 0) is 50.2 Å². The summed E-state index contributed by atoms with van der Waals surface area (Å²) in [5.74, 6) is 0.386. The van der Waals surface area contributed by atoms with Gasteiger partial charge in [0.15, 0.2) is 0 Å². The van der Waals surface area contributed by atoms with Crippen LogP contribution in [0.1, 0.15) is 38.5 Å². The normalized spacial score (nSPS) is 18.3. The highest BCUT2D eigenvalue weighted by atomic mass is 16.5. The summed E-state index contributed by atoms with van der Waals surface area (Å²) in [6.07, 6.45) is 14.5. The molecule has 0 radical (unpaired) electrons. The number of hydrogen-bond donors (Lipinski definition) is 2. The first-order chi connectivity index (χ1) is 12.6. The molecule has 1 aliphatic rings. The van der Waals surface area contributed by atoms with Gasteiger partial charge in [0.05, 0.1) is 0 Å². The zero-order valence-corrected chi connectivity index (χ0v) is 15.1. The molecule has 2 rings (SSSR count). The van der Waals surface area contributed by atoms with Gasteiger partial charge in [0.1, 0.15) is 18.5 Å². The second kappa shape index (κ2) is 11.3. The lowest BCUT2D eigenvalue weighted by Crippen LogP contribution is -2.15. The summed E-state index contributed by atoms with van der Waals surface area (Å²) in [6.45, 7) is 0.246. The van der Waals surface area contributed by atoms with Crippen LogP contribution in [0.2, 0.25) is 0 Å². The van der Waals surface area contributed by atoms with E-state index in [1.165, 1.54) is 5.57 Å². The molecular weight excluding hydrogens is 328 g/mol. The molecule has 4 nitrogen and oxygen atoms in total. The van der Waals surface area contributed by atoms with Crippen molar-refractivity contribution in [2.45, 2.75) is 44.6 Å². The minimum Gasteiger partial charge on any atom is -0.491 e. The lowest BCUT2D eigenvalue weighted by atomic mass is 9.97. The van der Waals surface area contributed by atoms with E-state index >= 15 is 0 Å². The summed E-state index contributed by atoms with van der Waals surface area (Å²) in [4.78, 5) is 10.5. The highest BCUT2D eigenvalue weighted by Gasteiger charge is 2.15. The number of aliphatic hydroxyl groups is 1. The van der Waals surface area contributed by atoms with Crippen LogP contribution in [0.5, 0.6) is 5.75 Å².